The van der Waals surface area contributed by atoms with Crippen molar-refractivity contribution in [2.24, 2.45) is 5.92 Å². The highest BCUT2D eigenvalue weighted by atomic mass is 32.2. The Balaban J connectivity index is 1.99. The largest absolute Gasteiger partial charge is 0.292 e. The van der Waals surface area contributed by atoms with Gasteiger partial charge in [-0.2, -0.15) is 5.10 Å². The summed E-state index contributed by atoms with van der Waals surface area (Å²) in [6.07, 6.45) is 3.21. The molecule has 5 nitrogen and oxygen atoms in total. The van der Waals surface area contributed by atoms with Crippen molar-refractivity contribution in [1.29, 1.82) is 0 Å². The number of aryl methyl sites for hydroxylation is 1. The SMILES string of the molecule is CCCC(=O)c1cc(-c2ccc(-c3ccc(CC)c(S(C)(=O)=O)c3)cc2)n(CC(C)C)n1. The Hall–Kier alpha value is -2.73. The number of hydrogen-bond donors (Lipinski definition) is 0. The van der Waals surface area contributed by atoms with Gasteiger partial charge < -0.3 is 0 Å². The molecule has 0 aliphatic rings. The Kier molecular flexibility index (Phi) is 7.34. The zero-order valence-electron chi connectivity index (χ0n) is 19.6. The smallest absolute Gasteiger partial charge is 0.183 e. The number of rotatable bonds is 9. The molecular formula is C26H32N2O3S. The molecule has 0 bridgehead atoms. The molecule has 170 valence electrons. The minimum absolute atomic E-state index is 0.0668. The van der Waals surface area contributed by atoms with E-state index >= 15 is 0 Å². The molecule has 0 N–H and O–H groups in total. The van der Waals surface area contributed by atoms with Crippen molar-refractivity contribution in [3.63, 3.8) is 0 Å². The van der Waals surface area contributed by atoms with Crippen molar-refractivity contribution in [2.75, 3.05) is 6.26 Å². The minimum atomic E-state index is -3.30. The highest BCUT2D eigenvalue weighted by molar-refractivity contribution is 7.90. The van der Waals surface area contributed by atoms with Crippen LogP contribution in [0.25, 0.3) is 22.4 Å². The summed E-state index contributed by atoms with van der Waals surface area (Å²) >= 11 is 0. The molecule has 0 radical (unpaired) electrons. The van der Waals surface area contributed by atoms with Crippen LogP contribution >= 0.6 is 0 Å². The number of nitrogens with zero attached hydrogens (tertiary/aromatic N) is 2. The van der Waals surface area contributed by atoms with E-state index < -0.39 is 9.84 Å². The lowest BCUT2D eigenvalue weighted by Crippen LogP contribution is -2.09. The van der Waals surface area contributed by atoms with Crippen molar-refractivity contribution in [3.8, 4) is 22.4 Å². The van der Waals surface area contributed by atoms with Crippen LogP contribution in [0.4, 0.5) is 0 Å². The molecule has 0 aliphatic carbocycles. The second kappa shape index (κ2) is 9.82. The van der Waals surface area contributed by atoms with Gasteiger partial charge in [-0.1, -0.05) is 64.1 Å². The van der Waals surface area contributed by atoms with Crippen LogP contribution < -0.4 is 0 Å². The first-order valence-electron chi connectivity index (χ1n) is 11.2. The van der Waals surface area contributed by atoms with Crippen LogP contribution in [0.15, 0.2) is 53.4 Å². The van der Waals surface area contributed by atoms with E-state index in [1.165, 1.54) is 6.26 Å². The fourth-order valence-corrected chi connectivity index (χ4v) is 4.86. The summed E-state index contributed by atoms with van der Waals surface area (Å²) in [5.74, 6) is 0.464. The van der Waals surface area contributed by atoms with Gasteiger partial charge in [0.2, 0.25) is 0 Å². The van der Waals surface area contributed by atoms with Crippen molar-refractivity contribution >= 4 is 15.6 Å². The van der Waals surface area contributed by atoms with Crippen molar-refractivity contribution in [1.82, 2.24) is 9.78 Å². The molecule has 1 heterocycles. The van der Waals surface area contributed by atoms with Gasteiger partial charge >= 0.3 is 0 Å². The molecule has 0 amide bonds. The molecule has 0 unspecified atom stereocenters. The van der Waals surface area contributed by atoms with Gasteiger partial charge in [-0.15, -0.1) is 0 Å². The summed E-state index contributed by atoms with van der Waals surface area (Å²) in [4.78, 5) is 12.8. The van der Waals surface area contributed by atoms with Crippen molar-refractivity contribution in [2.45, 2.75) is 58.4 Å². The van der Waals surface area contributed by atoms with Crippen LogP contribution in [0.3, 0.4) is 0 Å². The van der Waals surface area contributed by atoms with E-state index in [1.54, 1.807) is 6.07 Å². The molecule has 0 saturated carbocycles. The lowest BCUT2D eigenvalue weighted by Gasteiger charge is -2.12. The number of aromatic nitrogens is 2. The summed E-state index contributed by atoms with van der Waals surface area (Å²) < 4.78 is 26.4. The van der Waals surface area contributed by atoms with E-state index in [1.807, 2.05) is 61.0 Å². The zero-order chi connectivity index (χ0) is 23.5. The Bertz CT molecular complexity index is 1210. The van der Waals surface area contributed by atoms with E-state index in [4.69, 9.17) is 0 Å². The quantitative estimate of drug-likeness (QED) is 0.384. The van der Waals surface area contributed by atoms with Crippen molar-refractivity contribution < 1.29 is 13.2 Å². The highest BCUT2D eigenvalue weighted by Crippen LogP contribution is 2.29. The molecule has 2 aromatic carbocycles. The Morgan fingerprint density at radius 1 is 0.969 bits per heavy atom. The number of benzene rings is 2. The highest BCUT2D eigenvalue weighted by Gasteiger charge is 2.17. The number of carbonyl (C=O) groups excluding carboxylic acids is 1. The Labute approximate surface area is 191 Å². The molecular weight excluding hydrogens is 420 g/mol. The van der Waals surface area contributed by atoms with Gasteiger partial charge in [-0.05, 0) is 53.1 Å². The normalized spacial score (nSPS) is 11.8. The van der Waals surface area contributed by atoms with Gasteiger partial charge in [-0.3, -0.25) is 9.48 Å². The molecule has 6 heteroatoms. The fourth-order valence-electron chi connectivity index (χ4n) is 3.83. The molecule has 3 aromatic rings. The van der Waals surface area contributed by atoms with Gasteiger partial charge in [0.25, 0.3) is 0 Å². The summed E-state index contributed by atoms with van der Waals surface area (Å²) in [5.41, 5.74) is 5.05. The van der Waals surface area contributed by atoms with E-state index in [9.17, 15) is 13.2 Å². The summed E-state index contributed by atoms with van der Waals surface area (Å²) in [5, 5.41) is 4.58. The van der Waals surface area contributed by atoms with Crippen LogP contribution in [0.2, 0.25) is 0 Å². The first-order chi connectivity index (χ1) is 15.1. The molecule has 32 heavy (non-hydrogen) atoms. The molecule has 0 saturated heterocycles. The third-order valence-corrected chi connectivity index (χ3v) is 6.62. The van der Waals surface area contributed by atoms with Crippen LogP contribution in [-0.2, 0) is 22.8 Å². The van der Waals surface area contributed by atoms with Gasteiger partial charge in [0.05, 0.1) is 10.6 Å². The predicted octanol–water partition coefficient (Wildman–Crippen LogP) is 5.82. The van der Waals surface area contributed by atoms with E-state index in [2.05, 4.69) is 18.9 Å². The number of sulfone groups is 1. The monoisotopic (exact) mass is 452 g/mol. The first kappa shape index (κ1) is 23.9. The van der Waals surface area contributed by atoms with E-state index in [0.717, 1.165) is 40.9 Å². The summed E-state index contributed by atoms with van der Waals surface area (Å²) in [6, 6.07) is 15.5. The number of carbonyl (C=O) groups is 1. The average Bonchev–Trinajstić information content (AvgIpc) is 3.16. The molecule has 0 fully saturated rings. The second-order valence-electron chi connectivity index (χ2n) is 8.69. The second-order valence-corrected chi connectivity index (χ2v) is 10.7. The predicted molar refractivity (Wildman–Crippen MR) is 130 cm³/mol. The van der Waals surface area contributed by atoms with Crippen LogP contribution in [0, 0.1) is 5.92 Å². The molecule has 3 rings (SSSR count). The lowest BCUT2D eigenvalue weighted by atomic mass is 10.0. The van der Waals surface area contributed by atoms with Crippen LogP contribution in [0.1, 0.15) is 56.6 Å². The number of Topliss-reactive ketones (excluding diaryl/α,β-unsaturated/α-hetero) is 1. The molecule has 0 atom stereocenters. The molecule has 0 aliphatic heterocycles. The molecule has 0 spiro atoms. The van der Waals surface area contributed by atoms with Crippen molar-refractivity contribution in [3.05, 3.63) is 59.8 Å². The zero-order valence-corrected chi connectivity index (χ0v) is 20.4. The standard InChI is InChI=1S/C26H32N2O3S/c1-6-8-25(29)23-16-24(28(27-23)17-18(3)4)21-12-10-20(11-13-21)22-14-9-19(7-2)26(15-22)32(5,30)31/h9-16,18H,6-8,17H2,1-5H3. The third kappa shape index (κ3) is 5.36. The van der Waals surface area contributed by atoms with E-state index in [-0.39, 0.29) is 5.78 Å². The number of hydrogen-bond acceptors (Lipinski definition) is 4. The van der Waals surface area contributed by atoms with Crippen LogP contribution in [-0.4, -0.2) is 30.2 Å². The number of ketones is 1. The maximum absolute atomic E-state index is 12.4. The maximum Gasteiger partial charge on any atom is 0.183 e. The Morgan fingerprint density at radius 2 is 1.59 bits per heavy atom. The first-order valence-corrected chi connectivity index (χ1v) is 13.1. The summed E-state index contributed by atoms with van der Waals surface area (Å²) in [7, 11) is -3.30. The fraction of sp³-hybridized carbons (Fsp3) is 0.385. The minimum Gasteiger partial charge on any atom is -0.292 e. The Morgan fingerprint density at radius 3 is 2.16 bits per heavy atom. The van der Waals surface area contributed by atoms with Gasteiger partial charge in [0.1, 0.15) is 5.69 Å². The average molecular weight is 453 g/mol. The van der Waals surface area contributed by atoms with Gasteiger partial charge in [0.15, 0.2) is 15.6 Å². The maximum atomic E-state index is 12.4. The van der Waals surface area contributed by atoms with Gasteiger partial charge in [0, 0.05) is 19.2 Å². The third-order valence-electron chi connectivity index (χ3n) is 5.44. The molecule has 1 aromatic heterocycles. The van der Waals surface area contributed by atoms with Crippen LogP contribution in [0.5, 0.6) is 0 Å². The van der Waals surface area contributed by atoms with E-state index in [0.29, 0.717) is 29.3 Å². The summed E-state index contributed by atoms with van der Waals surface area (Å²) in [6.45, 7) is 8.93. The lowest BCUT2D eigenvalue weighted by molar-refractivity contribution is 0.0976. The topological polar surface area (TPSA) is 69.0 Å². The van der Waals surface area contributed by atoms with Gasteiger partial charge in [-0.25, -0.2) is 8.42 Å².